The average molecular weight is 221 g/mol. The number of nitrogens with one attached hydrogen (secondary N) is 1. The summed E-state index contributed by atoms with van der Waals surface area (Å²) in [6.45, 7) is 1.09. The van der Waals surface area contributed by atoms with Crippen LogP contribution in [-0.2, 0) is 4.79 Å². The minimum atomic E-state index is -0.00599. The highest BCUT2D eigenvalue weighted by molar-refractivity contribution is 7.96. The van der Waals surface area contributed by atoms with Crippen LogP contribution in [0.25, 0.3) is 0 Å². The van der Waals surface area contributed by atoms with Gasteiger partial charge in [0.25, 0.3) is 0 Å². The number of thiol groups is 1. The fraction of sp³-hybridized carbons (Fsp3) is 0.583. The van der Waals surface area contributed by atoms with E-state index in [2.05, 4.69) is 36.2 Å². The van der Waals surface area contributed by atoms with Crippen LogP contribution in [0.3, 0.4) is 0 Å². The van der Waals surface area contributed by atoms with Crippen molar-refractivity contribution in [3.63, 3.8) is 0 Å². The zero-order chi connectivity index (χ0) is 10.4. The molecule has 3 rings (SSSR count). The number of carbonyl (C=O) groups excluding carboxylic acids is 1. The van der Waals surface area contributed by atoms with Crippen LogP contribution in [0.2, 0.25) is 0 Å². The van der Waals surface area contributed by atoms with Gasteiger partial charge in [0.05, 0.1) is 5.92 Å². The monoisotopic (exact) mass is 221 g/mol. The van der Waals surface area contributed by atoms with E-state index < -0.39 is 0 Å². The molecule has 15 heavy (non-hydrogen) atoms. The molecule has 3 heteroatoms. The third-order valence-corrected chi connectivity index (χ3v) is 4.34. The lowest BCUT2D eigenvalue weighted by Crippen LogP contribution is -2.39. The summed E-state index contributed by atoms with van der Waals surface area (Å²) in [5.41, 5.74) is 0. The van der Waals surface area contributed by atoms with Gasteiger partial charge in [-0.1, -0.05) is 24.3 Å². The van der Waals surface area contributed by atoms with Crippen LogP contribution >= 0.6 is 12.6 Å². The molecule has 0 radical (unpaired) electrons. The van der Waals surface area contributed by atoms with Gasteiger partial charge in [-0.25, -0.2) is 0 Å². The Bertz CT molecular complexity index is 350. The van der Waals surface area contributed by atoms with Crippen LogP contribution in [0.5, 0.6) is 0 Å². The van der Waals surface area contributed by atoms with E-state index in [-0.39, 0.29) is 11.0 Å². The Morgan fingerprint density at radius 2 is 2.20 bits per heavy atom. The molecule has 0 saturated carbocycles. The van der Waals surface area contributed by atoms with Crippen molar-refractivity contribution in [3.8, 4) is 0 Å². The third-order valence-electron chi connectivity index (χ3n) is 4.04. The molecule has 2 nitrogen and oxygen atoms in total. The van der Waals surface area contributed by atoms with E-state index in [9.17, 15) is 4.79 Å². The lowest BCUT2D eigenvalue weighted by atomic mass is 9.67. The van der Waals surface area contributed by atoms with Gasteiger partial charge in [0.2, 0.25) is 0 Å². The molecule has 80 valence electrons. The summed E-state index contributed by atoms with van der Waals surface area (Å²) >= 11 is 3.99. The first-order valence-electron chi connectivity index (χ1n) is 5.58. The summed E-state index contributed by atoms with van der Waals surface area (Å²) < 4.78 is 0. The Balaban J connectivity index is 1.99. The molecule has 1 saturated heterocycles. The van der Waals surface area contributed by atoms with Crippen molar-refractivity contribution in [1.82, 2.24) is 5.32 Å². The van der Waals surface area contributed by atoms with Crippen molar-refractivity contribution in [2.24, 2.45) is 23.7 Å². The predicted molar refractivity (Wildman–Crippen MR) is 62.6 cm³/mol. The molecule has 1 aliphatic heterocycles. The van der Waals surface area contributed by atoms with E-state index in [1.807, 2.05) is 6.08 Å². The Morgan fingerprint density at radius 3 is 3.00 bits per heavy atom. The number of hydrogen-bond acceptors (Lipinski definition) is 2. The first-order valence-corrected chi connectivity index (χ1v) is 6.03. The van der Waals surface area contributed by atoms with Crippen molar-refractivity contribution in [3.05, 3.63) is 24.3 Å². The van der Waals surface area contributed by atoms with Crippen LogP contribution in [0.4, 0.5) is 0 Å². The Morgan fingerprint density at radius 1 is 1.33 bits per heavy atom. The first kappa shape index (κ1) is 9.67. The summed E-state index contributed by atoms with van der Waals surface area (Å²) in [5.74, 6) is 1.69. The van der Waals surface area contributed by atoms with Gasteiger partial charge in [-0.3, -0.25) is 4.79 Å². The maximum absolute atomic E-state index is 11.4. The Kier molecular flexibility index (Phi) is 2.25. The molecule has 3 aliphatic rings. The topological polar surface area (TPSA) is 29.1 Å². The zero-order valence-electron chi connectivity index (χ0n) is 8.47. The SMILES string of the molecule is O=C(S)C1C=CC2NCC3CC=CC1C32. The Hall–Kier alpha value is -0.540. The smallest absolute Gasteiger partial charge is 0.193 e. The minimum absolute atomic E-state index is 0.00599. The maximum atomic E-state index is 11.4. The van der Waals surface area contributed by atoms with Crippen LogP contribution < -0.4 is 5.32 Å². The lowest BCUT2D eigenvalue weighted by Gasteiger charge is -2.37. The average Bonchev–Trinajstić information content (AvgIpc) is 2.64. The molecule has 5 unspecified atom stereocenters. The molecule has 0 spiro atoms. The summed E-state index contributed by atoms with van der Waals surface area (Å²) in [6.07, 6.45) is 9.82. The molecule has 1 fully saturated rings. The summed E-state index contributed by atoms with van der Waals surface area (Å²) in [6, 6.07) is 0.480. The standard InChI is InChI=1S/C12H15NOS/c14-12(15)9-4-5-10-11-7(6-13-10)2-1-3-8(9)11/h1,3-5,7-11,13H,2,6H2,(H,14,15). The summed E-state index contributed by atoms with van der Waals surface area (Å²) in [4.78, 5) is 11.4. The second kappa shape index (κ2) is 3.49. The van der Waals surface area contributed by atoms with Gasteiger partial charge in [0.15, 0.2) is 5.12 Å². The van der Waals surface area contributed by atoms with Gasteiger partial charge >= 0.3 is 0 Å². The molecule has 0 aromatic rings. The number of carbonyl (C=O) groups is 1. The highest BCUT2D eigenvalue weighted by Gasteiger charge is 2.45. The second-order valence-electron chi connectivity index (χ2n) is 4.76. The van der Waals surface area contributed by atoms with E-state index in [0.29, 0.717) is 23.8 Å². The van der Waals surface area contributed by atoms with Crippen molar-refractivity contribution in [2.75, 3.05) is 6.54 Å². The van der Waals surface area contributed by atoms with Crippen LogP contribution in [0.1, 0.15) is 6.42 Å². The minimum Gasteiger partial charge on any atom is -0.310 e. The summed E-state index contributed by atoms with van der Waals surface area (Å²) in [5, 5.41) is 3.53. The number of allylic oxidation sites excluding steroid dienone is 3. The Labute approximate surface area is 95.2 Å². The fourth-order valence-corrected chi connectivity index (χ4v) is 3.61. The largest absolute Gasteiger partial charge is 0.310 e. The van der Waals surface area contributed by atoms with Crippen molar-refractivity contribution in [1.29, 1.82) is 0 Å². The fourth-order valence-electron chi connectivity index (χ4n) is 3.36. The van der Waals surface area contributed by atoms with Gasteiger partial charge < -0.3 is 5.32 Å². The van der Waals surface area contributed by atoms with Gasteiger partial charge in [-0.15, -0.1) is 12.6 Å². The van der Waals surface area contributed by atoms with Gasteiger partial charge in [-0.2, -0.15) is 0 Å². The molecular weight excluding hydrogens is 206 g/mol. The van der Waals surface area contributed by atoms with Gasteiger partial charge in [0, 0.05) is 6.04 Å². The molecule has 0 aromatic heterocycles. The van der Waals surface area contributed by atoms with Crippen molar-refractivity contribution >= 4 is 17.7 Å². The van der Waals surface area contributed by atoms with E-state index in [1.165, 1.54) is 0 Å². The zero-order valence-corrected chi connectivity index (χ0v) is 9.36. The summed E-state index contributed by atoms with van der Waals surface area (Å²) in [7, 11) is 0. The quantitative estimate of drug-likeness (QED) is 0.518. The highest BCUT2D eigenvalue weighted by Crippen LogP contribution is 2.44. The van der Waals surface area contributed by atoms with Crippen molar-refractivity contribution in [2.45, 2.75) is 12.5 Å². The van der Waals surface area contributed by atoms with Crippen LogP contribution in [-0.4, -0.2) is 17.7 Å². The first-order chi connectivity index (χ1) is 7.27. The van der Waals surface area contributed by atoms with Crippen LogP contribution in [0, 0.1) is 23.7 Å². The van der Waals surface area contributed by atoms with Crippen LogP contribution in [0.15, 0.2) is 24.3 Å². The maximum Gasteiger partial charge on any atom is 0.193 e. The van der Waals surface area contributed by atoms with E-state index in [4.69, 9.17) is 0 Å². The molecule has 1 heterocycles. The lowest BCUT2D eigenvalue weighted by molar-refractivity contribution is -0.114. The molecule has 5 atom stereocenters. The molecule has 0 bridgehead atoms. The molecule has 0 amide bonds. The third kappa shape index (κ3) is 1.41. The van der Waals surface area contributed by atoms with Gasteiger partial charge in [-0.05, 0) is 30.7 Å². The van der Waals surface area contributed by atoms with Crippen molar-refractivity contribution < 1.29 is 4.79 Å². The van der Waals surface area contributed by atoms with E-state index in [1.54, 1.807) is 0 Å². The predicted octanol–water partition coefficient (Wildman–Crippen LogP) is 1.41. The molecule has 1 N–H and O–H groups in total. The highest BCUT2D eigenvalue weighted by atomic mass is 32.1. The number of rotatable bonds is 1. The van der Waals surface area contributed by atoms with E-state index >= 15 is 0 Å². The van der Waals surface area contributed by atoms with Gasteiger partial charge in [0.1, 0.15) is 0 Å². The number of hydrogen-bond donors (Lipinski definition) is 2. The molecule has 0 aromatic carbocycles. The normalized spacial score (nSPS) is 46.6. The van der Waals surface area contributed by atoms with E-state index in [0.717, 1.165) is 13.0 Å². The molecule has 2 aliphatic carbocycles. The molecular formula is C12H15NOS. The second-order valence-corrected chi connectivity index (χ2v) is 5.20.